The summed E-state index contributed by atoms with van der Waals surface area (Å²) in [6.45, 7) is 12.6. The van der Waals surface area contributed by atoms with E-state index >= 15 is 4.57 Å². The van der Waals surface area contributed by atoms with E-state index in [1.165, 1.54) is 272 Å². The van der Waals surface area contributed by atoms with Crippen molar-refractivity contribution in [1.82, 2.24) is 0 Å². The third kappa shape index (κ3) is 28.0. The SMILES string of the molecule is C.C1CCCC1.C1CCCC1.C1CCOC1.C[C@H](C1CCCC1Br)P(=O)(C1CCCCC1)C1CCCCC1.C[C@H](C1CCCC1P(c1ccccc1)c1ccccc1)P(=O)(C1CCCCC1)C1CCCCC1.ClP(c1ccccc1)c1ccccc1.[CH2-]CCC.[Fe].[Fe].[Li+]. The maximum Gasteiger partial charge on any atom is 1.00 e. The maximum atomic E-state index is 15.5. The Morgan fingerprint density at radius 3 is 0.968 bits per heavy atom. The van der Waals surface area contributed by atoms with Gasteiger partial charge in [-0.15, -0.1) is 0 Å². The van der Waals surface area contributed by atoms with Gasteiger partial charge in [-0.1, -0.05) is 337 Å². The van der Waals surface area contributed by atoms with Gasteiger partial charge in [0.15, 0.2) is 0 Å². The van der Waals surface area contributed by atoms with Crippen LogP contribution in [-0.4, -0.2) is 57.7 Å². The van der Waals surface area contributed by atoms with Crippen molar-refractivity contribution >= 4 is 77.9 Å². The van der Waals surface area contributed by atoms with Crippen molar-refractivity contribution in [3.8, 4) is 0 Å². The molecule has 0 bridgehead atoms. The summed E-state index contributed by atoms with van der Waals surface area (Å²) in [7, 11) is -5.46. The molecular formula is C81H129BrClFe2LiO3P4. The molecule has 6 atom stereocenters. The Hall–Kier alpha value is 0.566. The topological polar surface area (TPSA) is 43.4 Å². The van der Waals surface area contributed by atoms with Gasteiger partial charge in [0.05, 0.1) is 21.6 Å². The van der Waals surface area contributed by atoms with Crippen molar-refractivity contribution < 1.29 is 66.9 Å². The van der Waals surface area contributed by atoms with Crippen molar-refractivity contribution in [1.29, 1.82) is 0 Å². The van der Waals surface area contributed by atoms with E-state index < -0.39 is 29.5 Å². The van der Waals surface area contributed by atoms with Crippen LogP contribution in [0.1, 0.15) is 285 Å². The van der Waals surface area contributed by atoms with Crippen molar-refractivity contribution in [3.63, 3.8) is 0 Å². The fraction of sp³-hybridized carbons (Fsp3) is 0.691. The van der Waals surface area contributed by atoms with Gasteiger partial charge in [0.2, 0.25) is 0 Å². The number of ether oxygens (including phenoxy) is 1. The Morgan fingerprint density at radius 1 is 0.430 bits per heavy atom. The van der Waals surface area contributed by atoms with Crippen molar-refractivity contribution in [2.75, 3.05) is 13.2 Å². The first-order valence-corrected chi connectivity index (χ1v) is 45.7. The van der Waals surface area contributed by atoms with Crippen LogP contribution in [0.4, 0.5) is 0 Å². The van der Waals surface area contributed by atoms with E-state index in [0.29, 0.717) is 56.3 Å². The molecule has 0 radical (unpaired) electrons. The van der Waals surface area contributed by atoms with E-state index in [1.54, 1.807) is 0 Å². The van der Waals surface area contributed by atoms with Crippen molar-refractivity contribution in [2.45, 2.75) is 329 Å². The van der Waals surface area contributed by atoms with E-state index in [1.807, 2.05) is 36.4 Å². The monoisotopic (exact) mass is 1510 g/mol. The van der Waals surface area contributed by atoms with Gasteiger partial charge in [-0.25, -0.2) is 0 Å². The summed E-state index contributed by atoms with van der Waals surface area (Å²) in [5, 5.41) is 5.43. The molecule has 1 heterocycles. The van der Waals surface area contributed by atoms with Crippen molar-refractivity contribution in [2.24, 2.45) is 11.8 Å². The fourth-order valence-corrected chi connectivity index (χ4v) is 34.1. The van der Waals surface area contributed by atoms with Gasteiger partial charge in [0.1, 0.15) is 0 Å². The average molecular weight is 1510 g/mol. The van der Waals surface area contributed by atoms with E-state index in [4.69, 9.17) is 16.0 Å². The number of alkyl halides is 1. The normalized spacial score (nSPS) is 23.3. The maximum absolute atomic E-state index is 15.5. The molecule has 4 aromatic rings. The smallest absolute Gasteiger partial charge is 0.381 e. The summed E-state index contributed by atoms with van der Waals surface area (Å²) >= 11 is 10.3. The molecular weight excluding hydrogens is 1380 g/mol. The van der Waals surface area contributed by atoms with Crippen molar-refractivity contribution in [3.05, 3.63) is 128 Å². The second-order valence-corrected chi connectivity index (χ2v) is 42.0. The van der Waals surface area contributed by atoms with Gasteiger partial charge in [0.25, 0.3) is 0 Å². The molecule has 93 heavy (non-hydrogen) atoms. The zero-order chi connectivity index (χ0) is 62.8. The molecule has 13 rings (SSSR count). The number of rotatable bonds is 14. The minimum atomic E-state index is -2.26. The standard InChI is InChI=1S/C31H44OP2.C19H34BrOP.C12H10ClP.2C5H10.C4H8O.C4H9.CH4.2Fe.Li/c1-25(34(32,28-19-10-4-11-20-28)29-21-12-5-13-22-29)30-23-14-24-31(30)33(26-15-6-2-7-16-26)27-17-8-3-9-18-27;1-15(18-13-8-14-19(18)20)22(21,16-9-4-2-5-10-16)17-11-6-3-7-12-17;13-14(11-7-3-1-4-8-11)12-9-5-2-6-10-12;3*1-2-4-5-3-1;1-3-4-2;;;;/h2-3,6-9,15-18,25,28-31H,4-5,10-14,19-24H2,1H3;15-19H,2-14H2,1H3;1-10H;2*1-5H2;1-4H2;1,3-4H2,2H3;1H4;;;/q;;;;;;-1;;;;+1/t25-,30?,31?;15-,18?,19?;;;;;;;;;/m11........./s1. The minimum Gasteiger partial charge on any atom is -0.381 e. The number of halogens is 2. The van der Waals surface area contributed by atoms with Gasteiger partial charge in [-0.05, 0) is 137 Å². The van der Waals surface area contributed by atoms with E-state index in [9.17, 15) is 4.57 Å². The molecule has 3 nitrogen and oxygen atoms in total. The molecule has 1 aliphatic heterocycles. The Balaban J connectivity index is 0.000000327. The summed E-state index contributed by atoms with van der Waals surface area (Å²) in [4.78, 5) is 0.628. The summed E-state index contributed by atoms with van der Waals surface area (Å²) in [6, 6.07) is 43.0. The first-order valence-electron chi connectivity index (χ1n) is 37.3. The van der Waals surface area contributed by atoms with E-state index in [2.05, 4.69) is 129 Å². The number of benzene rings is 4. The van der Waals surface area contributed by atoms with Gasteiger partial charge in [-0.3, -0.25) is 0 Å². The number of hydrogen-bond acceptors (Lipinski definition) is 3. The predicted octanol–water partition coefficient (Wildman–Crippen LogP) is 22.9. The largest absolute Gasteiger partial charge is 1.00 e. The molecule has 1 saturated heterocycles. The molecule has 8 aliphatic carbocycles. The van der Waals surface area contributed by atoms with Gasteiger partial charge in [-0.2, -0.15) is 6.42 Å². The van der Waals surface area contributed by atoms with Crippen LogP contribution in [0.15, 0.2) is 121 Å². The Labute approximate surface area is 622 Å². The molecule has 522 valence electrons. The molecule has 0 aromatic heterocycles. The summed E-state index contributed by atoms with van der Waals surface area (Å²) in [5.41, 5.74) is 3.68. The minimum absolute atomic E-state index is 0. The molecule has 9 fully saturated rings. The van der Waals surface area contributed by atoms with Crippen LogP contribution in [0.3, 0.4) is 0 Å². The van der Waals surface area contributed by atoms with Gasteiger partial charge < -0.3 is 20.8 Å². The second-order valence-electron chi connectivity index (χ2n) is 28.1. The summed E-state index contributed by atoms with van der Waals surface area (Å²) in [6.07, 6.45) is 53.7. The average Bonchev–Trinajstić information content (AvgIpc) is 1.76. The number of unbranched alkanes of at least 4 members (excludes halogenated alkanes) is 1. The van der Waals surface area contributed by atoms with Crippen LogP contribution in [-0.2, 0) is 48.0 Å². The zero-order valence-corrected chi connectivity index (χ0v) is 66.3. The molecule has 12 heteroatoms. The molecule has 9 aliphatic rings. The molecule has 0 spiro atoms. The second kappa shape index (κ2) is 50.8. The first kappa shape index (κ1) is 87.8. The van der Waals surface area contributed by atoms with Crippen LogP contribution in [0.25, 0.3) is 0 Å². The van der Waals surface area contributed by atoms with E-state index in [-0.39, 0.29) is 60.4 Å². The van der Waals surface area contributed by atoms with Gasteiger partial charge in [0, 0.05) is 86.1 Å². The third-order valence-corrected chi connectivity index (χ3v) is 38.9. The molecule has 0 N–H and O–H groups in total. The fourth-order valence-electron chi connectivity index (χ4n) is 17.1. The van der Waals surface area contributed by atoms with Crippen LogP contribution in [0.2, 0.25) is 0 Å². The Kier molecular flexibility index (Phi) is 48.0. The zero-order valence-electron chi connectivity index (χ0n) is 58.2. The summed E-state index contributed by atoms with van der Waals surface area (Å²) in [5.74, 6) is 1.29. The molecule has 8 saturated carbocycles. The Morgan fingerprint density at radius 2 is 0.699 bits per heavy atom. The first-order chi connectivity index (χ1) is 43.6. The quantitative estimate of drug-likeness (QED) is 0.0547. The number of hydrogen-bond donors (Lipinski definition) is 0. The van der Waals surface area contributed by atoms with Crippen LogP contribution < -0.4 is 40.1 Å². The molecule has 0 amide bonds. The predicted molar refractivity (Wildman–Crippen MR) is 410 cm³/mol. The van der Waals surface area contributed by atoms with Gasteiger partial charge >= 0.3 is 18.9 Å². The third-order valence-electron chi connectivity index (χ3n) is 22.2. The van der Waals surface area contributed by atoms with Crippen LogP contribution >= 0.6 is 56.7 Å². The van der Waals surface area contributed by atoms with E-state index in [0.717, 1.165) is 19.6 Å². The summed E-state index contributed by atoms with van der Waals surface area (Å²) < 4.78 is 34.9. The van der Waals surface area contributed by atoms with Crippen LogP contribution in [0, 0.1) is 18.8 Å². The molecule has 4 unspecified atom stereocenters. The van der Waals surface area contributed by atoms with Crippen LogP contribution in [0.5, 0.6) is 0 Å². The molecule has 4 aromatic carbocycles. The Bertz CT molecular complexity index is 2340.